The van der Waals surface area contributed by atoms with E-state index in [1.807, 2.05) is 5.57 Å². The first-order valence-corrected chi connectivity index (χ1v) is 8.37. The van der Waals surface area contributed by atoms with Crippen molar-refractivity contribution in [2.75, 3.05) is 11.5 Å². The van der Waals surface area contributed by atoms with Crippen LogP contribution in [0, 0.1) is 5.92 Å². The summed E-state index contributed by atoms with van der Waals surface area (Å²) >= 11 is 4.28. The molecule has 0 N–H and O–H groups in total. The van der Waals surface area contributed by atoms with Gasteiger partial charge in [-0.1, -0.05) is 19.8 Å². The SMILES string of the molecule is CCCCCC(=C1SCCCS1)C1CC1. The highest BCUT2D eigenvalue weighted by Crippen LogP contribution is 2.47. The second-order valence-electron chi connectivity index (χ2n) is 4.59. The van der Waals surface area contributed by atoms with Crippen molar-refractivity contribution in [1.82, 2.24) is 0 Å². The molecule has 15 heavy (non-hydrogen) atoms. The van der Waals surface area contributed by atoms with E-state index in [2.05, 4.69) is 30.4 Å². The van der Waals surface area contributed by atoms with Gasteiger partial charge in [0.15, 0.2) is 0 Å². The van der Waals surface area contributed by atoms with Crippen molar-refractivity contribution >= 4 is 23.5 Å². The van der Waals surface area contributed by atoms with Gasteiger partial charge in [-0.15, -0.1) is 23.5 Å². The third-order valence-corrected chi connectivity index (χ3v) is 5.88. The first kappa shape index (κ1) is 11.9. The molecule has 1 saturated carbocycles. The van der Waals surface area contributed by atoms with Crippen LogP contribution >= 0.6 is 23.5 Å². The zero-order valence-corrected chi connectivity index (χ0v) is 11.4. The van der Waals surface area contributed by atoms with E-state index >= 15 is 0 Å². The molecule has 2 rings (SSSR count). The van der Waals surface area contributed by atoms with Crippen molar-refractivity contribution in [3.8, 4) is 0 Å². The third kappa shape index (κ3) is 3.74. The smallest absolute Gasteiger partial charge is 0.0395 e. The van der Waals surface area contributed by atoms with Crippen molar-refractivity contribution in [3.63, 3.8) is 0 Å². The number of unbranched alkanes of at least 4 members (excludes halogenated alkanes) is 2. The molecule has 1 heterocycles. The summed E-state index contributed by atoms with van der Waals surface area (Å²) in [5.74, 6) is 3.73. The average Bonchev–Trinajstić information content (AvgIpc) is 3.10. The van der Waals surface area contributed by atoms with E-state index in [1.54, 1.807) is 4.24 Å². The zero-order valence-electron chi connectivity index (χ0n) is 9.76. The second kappa shape index (κ2) is 6.24. The van der Waals surface area contributed by atoms with E-state index in [1.165, 1.54) is 56.5 Å². The summed E-state index contributed by atoms with van der Waals surface area (Å²) in [4.78, 5) is 0. The summed E-state index contributed by atoms with van der Waals surface area (Å²) in [5, 5.41) is 0. The first-order chi connectivity index (χ1) is 7.42. The summed E-state index contributed by atoms with van der Waals surface area (Å²) in [6, 6.07) is 0. The fraction of sp³-hybridized carbons (Fsp3) is 0.846. The summed E-state index contributed by atoms with van der Waals surface area (Å²) < 4.78 is 1.72. The standard InChI is InChI=1S/C13H22S2/c1-2-3-4-6-12(11-7-8-11)13-14-9-5-10-15-13/h11H,2-10H2,1H3. The van der Waals surface area contributed by atoms with Crippen LogP contribution in [0.1, 0.15) is 51.9 Å². The van der Waals surface area contributed by atoms with Gasteiger partial charge in [-0.25, -0.2) is 0 Å². The molecule has 1 aliphatic heterocycles. The Hall–Kier alpha value is 0.440. The van der Waals surface area contributed by atoms with Gasteiger partial charge in [-0.3, -0.25) is 0 Å². The molecule has 2 heteroatoms. The molecule has 1 saturated heterocycles. The van der Waals surface area contributed by atoms with Crippen LogP contribution in [0.4, 0.5) is 0 Å². The fourth-order valence-electron chi connectivity index (χ4n) is 2.09. The van der Waals surface area contributed by atoms with E-state index < -0.39 is 0 Å². The summed E-state index contributed by atoms with van der Waals surface area (Å²) in [7, 11) is 0. The van der Waals surface area contributed by atoms with Crippen LogP contribution in [0.5, 0.6) is 0 Å². The molecule has 2 fully saturated rings. The van der Waals surface area contributed by atoms with Gasteiger partial charge in [0.25, 0.3) is 0 Å². The normalized spacial score (nSPS) is 21.8. The minimum Gasteiger partial charge on any atom is -0.119 e. The topological polar surface area (TPSA) is 0 Å². The van der Waals surface area contributed by atoms with Crippen LogP contribution in [-0.4, -0.2) is 11.5 Å². The minimum atomic E-state index is 0.995. The van der Waals surface area contributed by atoms with Crippen molar-refractivity contribution in [1.29, 1.82) is 0 Å². The number of thioether (sulfide) groups is 2. The number of rotatable bonds is 5. The quantitative estimate of drug-likeness (QED) is 0.618. The third-order valence-electron chi connectivity index (χ3n) is 3.14. The molecular formula is C13H22S2. The Morgan fingerprint density at radius 1 is 1.20 bits per heavy atom. The Labute approximate surface area is 103 Å². The Morgan fingerprint density at radius 3 is 2.53 bits per heavy atom. The number of hydrogen-bond acceptors (Lipinski definition) is 2. The number of allylic oxidation sites excluding steroid dienone is 1. The molecule has 0 amide bonds. The minimum absolute atomic E-state index is 0.995. The van der Waals surface area contributed by atoms with Crippen molar-refractivity contribution in [3.05, 3.63) is 9.81 Å². The number of hydrogen-bond donors (Lipinski definition) is 0. The van der Waals surface area contributed by atoms with Gasteiger partial charge < -0.3 is 0 Å². The fourth-order valence-corrected chi connectivity index (χ4v) is 4.96. The maximum absolute atomic E-state index is 2.30. The first-order valence-electron chi connectivity index (χ1n) is 6.40. The molecule has 0 spiro atoms. The Balaban J connectivity index is 1.91. The lowest BCUT2D eigenvalue weighted by molar-refractivity contribution is 0.692. The highest BCUT2D eigenvalue weighted by atomic mass is 32.2. The maximum Gasteiger partial charge on any atom is 0.0395 e. The molecule has 0 atom stereocenters. The molecule has 0 unspecified atom stereocenters. The summed E-state index contributed by atoms with van der Waals surface area (Å²) in [6.45, 7) is 2.30. The predicted octanol–water partition coefficient (Wildman–Crippen LogP) is 5.06. The largest absolute Gasteiger partial charge is 0.119 e. The summed E-state index contributed by atoms with van der Waals surface area (Å²) in [5.41, 5.74) is 1.85. The van der Waals surface area contributed by atoms with Gasteiger partial charge in [0.05, 0.1) is 0 Å². The van der Waals surface area contributed by atoms with Crippen LogP contribution in [0.25, 0.3) is 0 Å². The molecule has 2 aliphatic rings. The zero-order chi connectivity index (χ0) is 10.5. The second-order valence-corrected chi connectivity index (χ2v) is 7.06. The molecular weight excluding hydrogens is 220 g/mol. The summed E-state index contributed by atoms with van der Waals surface area (Å²) in [6.07, 6.45) is 9.96. The highest BCUT2D eigenvalue weighted by molar-refractivity contribution is 8.22. The van der Waals surface area contributed by atoms with Gasteiger partial charge in [0, 0.05) is 4.24 Å². The monoisotopic (exact) mass is 242 g/mol. The lowest BCUT2D eigenvalue weighted by Crippen LogP contribution is -1.98. The Morgan fingerprint density at radius 2 is 1.93 bits per heavy atom. The lowest BCUT2D eigenvalue weighted by atomic mass is 10.1. The van der Waals surface area contributed by atoms with Crippen LogP contribution in [0.3, 0.4) is 0 Å². The van der Waals surface area contributed by atoms with Crippen molar-refractivity contribution < 1.29 is 0 Å². The van der Waals surface area contributed by atoms with Gasteiger partial charge in [-0.2, -0.15) is 0 Å². The van der Waals surface area contributed by atoms with Crippen LogP contribution < -0.4 is 0 Å². The van der Waals surface area contributed by atoms with Crippen LogP contribution in [-0.2, 0) is 0 Å². The molecule has 0 bridgehead atoms. The lowest BCUT2D eigenvalue weighted by Gasteiger charge is -2.18. The van der Waals surface area contributed by atoms with Crippen LogP contribution in [0.2, 0.25) is 0 Å². The van der Waals surface area contributed by atoms with Gasteiger partial charge >= 0.3 is 0 Å². The molecule has 86 valence electrons. The molecule has 0 radical (unpaired) electrons. The maximum atomic E-state index is 2.30. The molecule has 0 nitrogen and oxygen atoms in total. The van der Waals surface area contributed by atoms with E-state index in [0.29, 0.717) is 0 Å². The van der Waals surface area contributed by atoms with E-state index in [4.69, 9.17) is 0 Å². The highest BCUT2D eigenvalue weighted by Gasteiger charge is 2.28. The van der Waals surface area contributed by atoms with Crippen molar-refractivity contribution in [2.45, 2.75) is 51.9 Å². The van der Waals surface area contributed by atoms with Gasteiger partial charge in [0.1, 0.15) is 0 Å². The molecule has 1 aliphatic carbocycles. The van der Waals surface area contributed by atoms with E-state index in [0.717, 1.165) is 5.92 Å². The van der Waals surface area contributed by atoms with Gasteiger partial charge in [-0.05, 0) is 55.1 Å². The van der Waals surface area contributed by atoms with Crippen molar-refractivity contribution in [2.24, 2.45) is 5.92 Å². The Bertz CT molecular complexity index is 221. The van der Waals surface area contributed by atoms with Crippen LogP contribution in [0.15, 0.2) is 9.81 Å². The average molecular weight is 242 g/mol. The molecule has 0 aromatic heterocycles. The van der Waals surface area contributed by atoms with E-state index in [-0.39, 0.29) is 0 Å². The Kier molecular flexibility index (Phi) is 4.96. The van der Waals surface area contributed by atoms with Gasteiger partial charge in [0.2, 0.25) is 0 Å². The van der Waals surface area contributed by atoms with E-state index in [9.17, 15) is 0 Å². The molecule has 0 aromatic rings. The predicted molar refractivity (Wildman–Crippen MR) is 73.4 cm³/mol. The molecule has 0 aromatic carbocycles.